The minimum absolute atomic E-state index is 0.0973. The number of H-pyrrole nitrogens is 1. The molecule has 1 fully saturated rings. The maximum atomic E-state index is 4.49. The van der Waals surface area contributed by atoms with E-state index in [9.17, 15) is 0 Å². The molecule has 0 aliphatic carbocycles. The predicted molar refractivity (Wildman–Crippen MR) is 74.5 cm³/mol. The summed E-state index contributed by atoms with van der Waals surface area (Å²) in [7, 11) is 0. The normalized spacial score (nSPS) is 18.9. The Labute approximate surface area is 115 Å². The Morgan fingerprint density at radius 3 is 2.90 bits per heavy atom. The van der Waals surface area contributed by atoms with Crippen LogP contribution in [0.4, 0.5) is 0 Å². The molecule has 20 heavy (non-hydrogen) atoms. The second-order valence-electron chi connectivity index (χ2n) is 5.45. The van der Waals surface area contributed by atoms with Gasteiger partial charge in [-0.2, -0.15) is 0 Å². The van der Waals surface area contributed by atoms with Gasteiger partial charge in [-0.05, 0) is 32.4 Å². The van der Waals surface area contributed by atoms with Crippen LogP contribution >= 0.6 is 0 Å². The number of aromatic nitrogens is 6. The van der Waals surface area contributed by atoms with Crippen LogP contribution in [-0.4, -0.2) is 42.6 Å². The zero-order valence-corrected chi connectivity index (χ0v) is 11.4. The summed E-state index contributed by atoms with van der Waals surface area (Å²) in [5, 5.41) is 12.3. The monoisotopic (exact) mass is 271 g/mol. The van der Waals surface area contributed by atoms with Crippen molar-refractivity contribution in [2.45, 2.75) is 31.6 Å². The maximum Gasteiger partial charge on any atom is 0.189 e. The van der Waals surface area contributed by atoms with Gasteiger partial charge in [-0.1, -0.05) is 6.92 Å². The lowest BCUT2D eigenvalue weighted by Crippen LogP contribution is -2.40. The molecule has 0 saturated carbocycles. The van der Waals surface area contributed by atoms with Gasteiger partial charge in [-0.3, -0.25) is 4.40 Å². The van der Waals surface area contributed by atoms with Gasteiger partial charge in [-0.15, -0.1) is 10.2 Å². The number of hydrogen-bond acceptors (Lipinski definition) is 5. The van der Waals surface area contributed by atoms with E-state index in [0.717, 1.165) is 49.3 Å². The summed E-state index contributed by atoms with van der Waals surface area (Å²) < 4.78 is 2.02. The standard InChI is InChI=1S/C13H17N7/c1-2-13(3-5-14-6-4-13)12-19-18-11-9-10(16-7-15-9)17-8-20(11)12/h7-8,14H,2-6H2,1H3,(H,15,16). The molecule has 0 atom stereocenters. The third kappa shape index (κ3) is 1.49. The Balaban J connectivity index is 1.95. The molecule has 7 heteroatoms. The highest BCUT2D eigenvalue weighted by atomic mass is 15.3. The van der Waals surface area contributed by atoms with Crippen LogP contribution in [0.3, 0.4) is 0 Å². The Kier molecular flexibility index (Phi) is 2.50. The first kappa shape index (κ1) is 11.8. The third-order valence-corrected chi connectivity index (χ3v) is 4.55. The number of piperidine rings is 1. The van der Waals surface area contributed by atoms with E-state index >= 15 is 0 Å². The van der Waals surface area contributed by atoms with Crippen molar-refractivity contribution in [2.24, 2.45) is 0 Å². The van der Waals surface area contributed by atoms with E-state index in [4.69, 9.17) is 0 Å². The molecule has 4 rings (SSSR count). The average Bonchev–Trinajstić information content (AvgIpc) is 3.13. The number of nitrogens with one attached hydrogen (secondary N) is 2. The molecule has 104 valence electrons. The average molecular weight is 271 g/mol. The zero-order chi connectivity index (χ0) is 13.6. The van der Waals surface area contributed by atoms with Gasteiger partial charge >= 0.3 is 0 Å². The lowest BCUT2D eigenvalue weighted by atomic mass is 9.76. The van der Waals surface area contributed by atoms with Crippen LogP contribution in [0.5, 0.6) is 0 Å². The molecule has 7 nitrogen and oxygen atoms in total. The maximum absolute atomic E-state index is 4.49. The summed E-state index contributed by atoms with van der Waals surface area (Å²) in [4.78, 5) is 11.7. The molecule has 0 unspecified atom stereocenters. The molecule has 3 aromatic rings. The molecular weight excluding hydrogens is 254 g/mol. The van der Waals surface area contributed by atoms with E-state index < -0.39 is 0 Å². The Bertz CT molecular complexity index is 750. The van der Waals surface area contributed by atoms with Crippen LogP contribution in [0.1, 0.15) is 32.0 Å². The fourth-order valence-corrected chi connectivity index (χ4v) is 3.24. The molecule has 2 N–H and O–H groups in total. The highest BCUT2D eigenvalue weighted by Gasteiger charge is 2.36. The summed E-state index contributed by atoms with van der Waals surface area (Å²) in [6, 6.07) is 0. The highest BCUT2D eigenvalue weighted by Crippen LogP contribution is 2.35. The Morgan fingerprint density at radius 2 is 2.10 bits per heavy atom. The van der Waals surface area contributed by atoms with E-state index in [0.29, 0.717) is 5.65 Å². The third-order valence-electron chi connectivity index (χ3n) is 4.55. The van der Waals surface area contributed by atoms with Crippen molar-refractivity contribution in [3.8, 4) is 0 Å². The predicted octanol–water partition coefficient (Wildman–Crippen LogP) is 1.03. The fourth-order valence-electron chi connectivity index (χ4n) is 3.24. The van der Waals surface area contributed by atoms with E-state index in [2.05, 4.69) is 37.4 Å². The van der Waals surface area contributed by atoms with E-state index in [1.807, 2.05) is 4.40 Å². The SMILES string of the molecule is CCC1(c2nnc3c4[nH]cnc4ncn23)CCNCC1. The van der Waals surface area contributed by atoms with Gasteiger partial charge in [0, 0.05) is 5.41 Å². The number of rotatable bonds is 2. The smallest absolute Gasteiger partial charge is 0.189 e. The second-order valence-corrected chi connectivity index (χ2v) is 5.45. The molecule has 0 bridgehead atoms. The van der Waals surface area contributed by atoms with Crippen molar-refractivity contribution >= 4 is 16.8 Å². The Morgan fingerprint density at radius 1 is 1.25 bits per heavy atom. The van der Waals surface area contributed by atoms with Gasteiger partial charge < -0.3 is 10.3 Å². The molecule has 0 spiro atoms. The van der Waals surface area contributed by atoms with Gasteiger partial charge in [-0.25, -0.2) is 9.97 Å². The quantitative estimate of drug-likeness (QED) is 0.727. The molecule has 1 aliphatic rings. The molecule has 0 amide bonds. The van der Waals surface area contributed by atoms with E-state index in [1.54, 1.807) is 12.7 Å². The number of nitrogens with zero attached hydrogens (tertiary/aromatic N) is 5. The zero-order valence-electron chi connectivity index (χ0n) is 11.4. The van der Waals surface area contributed by atoms with Gasteiger partial charge in [0.05, 0.1) is 6.33 Å². The summed E-state index contributed by atoms with van der Waals surface area (Å²) in [5.41, 5.74) is 2.45. The minimum Gasteiger partial charge on any atom is -0.340 e. The van der Waals surface area contributed by atoms with Gasteiger partial charge in [0.2, 0.25) is 0 Å². The van der Waals surface area contributed by atoms with Crippen molar-refractivity contribution < 1.29 is 0 Å². The first-order valence-corrected chi connectivity index (χ1v) is 7.08. The lowest BCUT2D eigenvalue weighted by molar-refractivity contribution is 0.280. The number of aromatic amines is 1. The van der Waals surface area contributed by atoms with Crippen LogP contribution in [0.15, 0.2) is 12.7 Å². The number of imidazole rings is 1. The van der Waals surface area contributed by atoms with E-state index in [1.165, 1.54) is 0 Å². The molecule has 0 aromatic carbocycles. The van der Waals surface area contributed by atoms with Crippen molar-refractivity contribution in [1.29, 1.82) is 0 Å². The number of fused-ring (bicyclic) bond motifs is 3. The fraction of sp³-hybridized carbons (Fsp3) is 0.538. The lowest BCUT2D eigenvalue weighted by Gasteiger charge is -2.35. The topological polar surface area (TPSA) is 83.8 Å². The van der Waals surface area contributed by atoms with Crippen LogP contribution in [-0.2, 0) is 5.41 Å². The van der Waals surface area contributed by atoms with Gasteiger partial charge in [0.15, 0.2) is 11.3 Å². The minimum atomic E-state index is 0.0973. The largest absolute Gasteiger partial charge is 0.340 e. The molecule has 1 aliphatic heterocycles. The second kappa shape index (κ2) is 4.24. The summed E-state index contributed by atoms with van der Waals surface area (Å²) in [5.74, 6) is 1.03. The molecule has 0 radical (unpaired) electrons. The van der Waals surface area contributed by atoms with Crippen LogP contribution in [0, 0.1) is 0 Å². The summed E-state index contributed by atoms with van der Waals surface area (Å²) in [6.07, 6.45) is 6.69. The Hall–Kier alpha value is -2.02. The summed E-state index contributed by atoms with van der Waals surface area (Å²) in [6.45, 7) is 4.29. The first-order valence-electron chi connectivity index (χ1n) is 7.08. The molecule has 4 heterocycles. The van der Waals surface area contributed by atoms with Gasteiger partial charge in [0.25, 0.3) is 0 Å². The van der Waals surface area contributed by atoms with E-state index in [-0.39, 0.29) is 5.41 Å². The number of hydrogen-bond donors (Lipinski definition) is 2. The highest BCUT2D eigenvalue weighted by molar-refractivity contribution is 5.84. The first-order chi connectivity index (χ1) is 9.84. The van der Waals surface area contributed by atoms with Crippen molar-refractivity contribution in [3.63, 3.8) is 0 Å². The molecular formula is C13H17N7. The van der Waals surface area contributed by atoms with Crippen molar-refractivity contribution in [3.05, 3.63) is 18.5 Å². The summed E-state index contributed by atoms with van der Waals surface area (Å²) >= 11 is 0. The van der Waals surface area contributed by atoms with Crippen LogP contribution < -0.4 is 5.32 Å². The van der Waals surface area contributed by atoms with Gasteiger partial charge in [0.1, 0.15) is 17.7 Å². The van der Waals surface area contributed by atoms with Crippen LogP contribution in [0.2, 0.25) is 0 Å². The van der Waals surface area contributed by atoms with Crippen molar-refractivity contribution in [2.75, 3.05) is 13.1 Å². The molecule has 3 aromatic heterocycles. The van der Waals surface area contributed by atoms with Crippen LogP contribution in [0.25, 0.3) is 16.8 Å². The molecule has 1 saturated heterocycles. The van der Waals surface area contributed by atoms with Crippen molar-refractivity contribution in [1.82, 2.24) is 34.9 Å².